The summed E-state index contributed by atoms with van der Waals surface area (Å²) in [5, 5.41) is 6.39. The van der Waals surface area contributed by atoms with Crippen molar-refractivity contribution in [1.29, 1.82) is 0 Å². The van der Waals surface area contributed by atoms with Gasteiger partial charge >= 0.3 is 0 Å². The van der Waals surface area contributed by atoms with Crippen LogP contribution in [0.5, 0.6) is 0 Å². The fourth-order valence-corrected chi connectivity index (χ4v) is 2.93. The minimum atomic E-state index is -0.355. The number of hydrogen-bond acceptors (Lipinski definition) is 3. The lowest BCUT2D eigenvalue weighted by Gasteiger charge is -2.18. The van der Waals surface area contributed by atoms with Gasteiger partial charge in [0.05, 0.1) is 5.56 Å². The molecular weight excluding hydrogens is 373 g/mol. The highest BCUT2D eigenvalue weighted by Gasteiger charge is 2.15. The predicted molar refractivity (Wildman–Crippen MR) is 108 cm³/mol. The zero-order chi connectivity index (χ0) is 19.3. The zero-order valence-corrected chi connectivity index (χ0v) is 16.4. The van der Waals surface area contributed by atoms with Crippen LogP contribution in [0, 0.1) is 0 Å². The van der Waals surface area contributed by atoms with Crippen LogP contribution in [0.25, 0.3) is 0 Å². The SMILES string of the molecule is CCCNC(=O)c1cc(NC(=O)c2cc(Cl)cc(Cl)c2)ccc1N(C)C. The van der Waals surface area contributed by atoms with Crippen LogP contribution < -0.4 is 15.5 Å². The first-order chi connectivity index (χ1) is 12.3. The first-order valence-corrected chi connectivity index (χ1v) is 8.94. The first-order valence-electron chi connectivity index (χ1n) is 8.18. The minimum Gasteiger partial charge on any atom is -0.377 e. The molecule has 5 nitrogen and oxygen atoms in total. The molecule has 0 radical (unpaired) electrons. The van der Waals surface area contributed by atoms with Gasteiger partial charge < -0.3 is 15.5 Å². The van der Waals surface area contributed by atoms with Crippen LogP contribution in [0.2, 0.25) is 10.0 Å². The minimum absolute atomic E-state index is 0.183. The Balaban J connectivity index is 2.29. The molecule has 0 fully saturated rings. The second-order valence-electron chi connectivity index (χ2n) is 5.99. The summed E-state index contributed by atoms with van der Waals surface area (Å²) in [5.41, 5.74) is 2.11. The van der Waals surface area contributed by atoms with Gasteiger partial charge in [-0.2, -0.15) is 0 Å². The molecule has 0 aromatic heterocycles. The standard InChI is InChI=1S/C19H21Cl2N3O2/c1-4-7-22-19(26)16-11-15(5-6-17(16)24(2)3)23-18(25)12-8-13(20)10-14(21)9-12/h5-6,8-11H,4,7H2,1-3H3,(H,22,26)(H,23,25). The highest BCUT2D eigenvalue weighted by atomic mass is 35.5. The van der Waals surface area contributed by atoms with E-state index in [1.165, 1.54) is 12.1 Å². The van der Waals surface area contributed by atoms with Crippen LogP contribution in [0.3, 0.4) is 0 Å². The van der Waals surface area contributed by atoms with Crippen LogP contribution >= 0.6 is 23.2 Å². The molecule has 0 saturated carbocycles. The van der Waals surface area contributed by atoms with E-state index in [2.05, 4.69) is 10.6 Å². The first kappa shape index (κ1) is 20.1. The number of halogens is 2. The molecule has 2 amide bonds. The summed E-state index contributed by atoms with van der Waals surface area (Å²) < 4.78 is 0. The molecule has 0 atom stereocenters. The fourth-order valence-electron chi connectivity index (χ4n) is 2.41. The van der Waals surface area contributed by atoms with E-state index in [0.29, 0.717) is 33.4 Å². The van der Waals surface area contributed by atoms with Gasteiger partial charge in [0, 0.05) is 47.6 Å². The molecule has 0 aliphatic rings. The van der Waals surface area contributed by atoms with E-state index in [1.807, 2.05) is 25.9 Å². The maximum absolute atomic E-state index is 12.5. The van der Waals surface area contributed by atoms with E-state index in [9.17, 15) is 9.59 Å². The van der Waals surface area contributed by atoms with Gasteiger partial charge in [-0.1, -0.05) is 30.1 Å². The van der Waals surface area contributed by atoms with E-state index < -0.39 is 0 Å². The molecule has 0 spiro atoms. The molecule has 2 aromatic carbocycles. The quantitative estimate of drug-likeness (QED) is 0.761. The lowest BCUT2D eigenvalue weighted by atomic mass is 10.1. The summed E-state index contributed by atoms with van der Waals surface area (Å²) in [7, 11) is 3.72. The summed E-state index contributed by atoms with van der Waals surface area (Å²) in [6.45, 7) is 2.57. The van der Waals surface area contributed by atoms with Gasteiger partial charge in [-0.3, -0.25) is 9.59 Å². The summed E-state index contributed by atoms with van der Waals surface area (Å²) in [5.74, 6) is -0.538. The van der Waals surface area contributed by atoms with Gasteiger partial charge in [0.1, 0.15) is 0 Å². The van der Waals surface area contributed by atoms with Crippen LogP contribution in [0.1, 0.15) is 34.1 Å². The van der Waals surface area contributed by atoms with Crippen molar-refractivity contribution >= 4 is 46.4 Å². The van der Waals surface area contributed by atoms with Crippen molar-refractivity contribution in [2.45, 2.75) is 13.3 Å². The summed E-state index contributed by atoms with van der Waals surface area (Å²) in [4.78, 5) is 26.7. The number of anilines is 2. The van der Waals surface area contributed by atoms with Crippen molar-refractivity contribution in [2.75, 3.05) is 30.9 Å². The van der Waals surface area contributed by atoms with E-state index in [0.717, 1.165) is 12.1 Å². The van der Waals surface area contributed by atoms with Crippen molar-refractivity contribution in [2.24, 2.45) is 0 Å². The molecule has 2 N–H and O–H groups in total. The molecule has 2 aromatic rings. The lowest BCUT2D eigenvalue weighted by Crippen LogP contribution is -2.26. The Hall–Kier alpha value is -2.24. The average molecular weight is 394 g/mol. The maximum atomic E-state index is 12.5. The largest absolute Gasteiger partial charge is 0.377 e. The second-order valence-corrected chi connectivity index (χ2v) is 6.87. The van der Waals surface area contributed by atoms with Crippen molar-refractivity contribution < 1.29 is 9.59 Å². The number of amides is 2. The van der Waals surface area contributed by atoms with Crippen LogP contribution in [0.15, 0.2) is 36.4 Å². The molecule has 0 unspecified atom stereocenters. The Morgan fingerprint density at radius 3 is 2.23 bits per heavy atom. The third-order valence-corrected chi connectivity index (χ3v) is 4.08. The number of nitrogens with one attached hydrogen (secondary N) is 2. The molecule has 2 rings (SSSR count). The Morgan fingerprint density at radius 2 is 1.65 bits per heavy atom. The van der Waals surface area contributed by atoms with Gasteiger partial charge in [-0.05, 0) is 42.8 Å². The number of rotatable bonds is 6. The maximum Gasteiger partial charge on any atom is 0.255 e. The third-order valence-electron chi connectivity index (χ3n) is 3.64. The predicted octanol–water partition coefficient (Wildman–Crippen LogP) is 4.45. The average Bonchev–Trinajstić information content (AvgIpc) is 2.58. The van der Waals surface area contributed by atoms with Crippen LogP contribution in [-0.2, 0) is 0 Å². The monoisotopic (exact) mass is 393 g/mol. The van der Waals surface area contributed by atoms with Crippen LogP contribution in [-0.4, -0.2) is 32.5 Å². The fraction of sp³-hybridized carbons (Fsp3) is 0.263. The highest BCUT2D eigenvalue weighted by Crippen LogP contribution is 2.24. The Kier molecular flexibility index (Phi) is 6.89. The highest BCUT2D eigenvalue weighted by molar-refractivity contribution is 6.35. The molecule has 0 aliphatic heterocycles. The Labute approximate surface area is 163 Å². The number of hydrogen-bond donors (Lipinski definition) is 2. The van der Waals surface area contributed by atoms with Gasteiger partial charge in [-0.15, -0.1) is 0 Å². The van der Waals surface area contributed by atoms with Gasteiger partial charge in [0.2, 0.25) is 0 Å². The third kappa shape index (κ3) is 5.13. The van der Waals surface area contributed by atoms with Gasteiger partial charge in [-0.25, -0.2) is 0 Å². The molecule has 0 saturated heterocycles. The molecule has 138 valence electrons. The van der Waals surface area contributed by atoms with Crippen molar-refractivity contribution in [3.8, 4) is 0 Å². The van der Waals surface area contributed by atoms with E-state index in [-0.39, 0.29) is 11.8 Å². The van der Waals surface area contributed by atoms with E-state index in [1.54, 1.807) is 24.3 Å². The van der Waals surface area contributed by atoms with Crippen molar-refractivity contribution in [3.05, 3.63) is 57.6 Å². The molecule has 26 heavy (non-hydrogen) atoms. The number of nitrogens with zero attached hydrogens (tertiary/aromatic N) is 1. The smallest absolute Gasteiger partial charge is 0.255 e. The van der Waals surface area contributed by atoms with Crippen molar-refractivity contribution in [3.63, 3.8) is 0 Å². The number of carbonyl (C=O) groups excluding carboxylic acids is 2. The molecular formula is C19H21Cl2N3O2. The summed E-state index contributed by atoms with van der Waals surface area (Å²) >= 11 is 11.9. The Morgan fingerprint density at radius 1 is 1.00 bits per heavy atom. The topological polar surface area (TPSA) is 61.4 Å². The molecule has 0 bridgehead atoms. The van der Waals surface area contributed by atoms with Crippen molar-refractivity contribution in [1.82, 2.24) is 5.32 Å². The van der Waals surface area contributed by atoms with E-state index in [4.69, 9.17) is 23.2 Å². The lowest BCUT2D eigenvalue weighted by molar-refractivity contribution is 0.0952. The summed E-state index contributed by atoms with van der Waals surface area (Å²) in [6, 6.07) is 9.82. The van der Waals surface area contributed by atoms with E-state index >= 15 is 0 Å². The number of carbonyl (C=O) groups is 2. The summed E-state index contributed by atoms with van der Waals surface area (Å²) in [6.07, 6.45) is 0.842. The number of benzene rings is 2. The molecule has 0 aliphatic carbocycles. The Bertz CT molecular complexity index is 802. The van der Waals surface area contributed by atoms with Gasteiger partial charge in [0.15, 0.2) is 0 Å². The molecule has 7 heteroatoms. The normalized spacial score (nSPS) is 10.3. The molecule has 0 heterocycles. The van der Waals surface area contributed by atoms with Gasteiger partial charge in [0.25, 0.3) is 11.8 Å². The zero-order valence-electron chi connectivity index (χ0n) is 14.9. The second kappa shape index (κ2) is 8.92. The van der Waals surface area contributed by atoms with Crippen LogP contribution in [0.4, 0.5) is 11.4 Å².